The predicted octanol–water partition coefficient (Wildman–Crippen LogP) is 1.45. The number of anilines is 1. The fraction of sp³-hybridized carbons (Fsp3) is 0.222. The Balaban J connectivity index is 1.75. The number of rotatable bonds is 6. The lowest BCUT2D eigenvalue weighted by Gasteiger charge is -2.38. The highest BCUT2D eigenvalue weighted by Crippen LogP contribution is 2.26. The molecule has 0 bridgehead atoms. The van der Waals surface area contributed by atoms with E-state index in [4.69, 9.17) is 15.9 Å². The molecule has 1 aliphatic heterocycles. The molecule has 0 radical (unpaired) electrons. The Hall–Kier alpha value is -3.42. The minimum absolute atomic E-state index is 0.0951. The fourth-order valence-corrected chi connectivity index (χ4v) is 2.63. The van der Waals surface area contributed by atoms with Crippen LogP contribution in [0.1, 0.15) is 5.56 Å². The number of nitrogens with zero attached hydrogens (tertiary/aromatic N) is 3. The van der Waals surface area contributed by atoms with E-state index in [1.165, 1.54) is 18.2 Å². The van der Waals surface area contributed by atoms with E-state index in [2.05, 4.69) is 16.5 Å². The van der Waals surface area contributed by atoms with Crippen molar-refractivity contribution in [2.45, 2.75) is 0 Å². The number of likely N-dealkylation sites (tertiary alicyclic amines) is 1. The van der Waals surface area contributed by atoms with Crippen molar-refractivity contribution >= 4 is 17.9 Å². The number of amides is 1. The van der Waals surface area contributed by atoms with Crippen LogP contribution in [-0.2, 0) is 4.79 Å². The van der Waals surface area contributed by atoms with Gasteiger partial charge < -0.3 is 25.9 Å². The smallest absolute Gasteiger partial charge is 0.245 e. The molecule has 0 unspecified atom stereocenters. The first kappa shape index (κ1) is 17.4. The van der Waals surface area contributed by atoms with Gasteiger partial charge in [-0.3, -0.25) is 4.79 Å². The molecule has 0 atom stereocenters. The molecule has 1 aliphatic rings. The van der Waals surface area contributed by atoms with Crippen LogP contribution in [0.5, 0.6) is 11.6 Å². The van der Waals surface area contributed by atoms with E-state index in [1.807, 2.05) is 0 Å². The van der Waals surface area contributed by atoms with Gasteiger partial charge in [0.2, 0.25) is 11.8 Å². The van der Waals surface area contributed by atoms with Gasteiger partial charge in [-0.1, -0.05) is 6.58 Å². The molecule has 1 saturated heterocycles. The highest BCUT2D eigenvalue weighted by atomic mass is 16.5. The molecule has 4 N–H and O–H groups in total. The number of carbonyl (C=O) groups is 1. The molecule has 0 saturated carbocycles. The number of phenolic OH excluding ortho intramolecular Hbond substituents is 1. The second-order valence-electron chi connectivity index (χ2n) is 5.97. The Labute approximate surface area is 150 Å². The first-order valence-electron chi connectivity index (χ1n) is 8.03. The summed E-state index contributed by atoms with van der Waals surface area (Å²) in [5, 5.41) is 16.9. The molecule has 2 heterocycles. The number of hydrogen-bond donors (Lipinski definition) is 3. The lowest BCUT2D eigenvalue weighted by Crippen LogP contribution is -2.51. The van der Waals surface area contributed by atoms with Gasteiger partial charge in [0, 0.05) is 30.8 Å². The van der Waals surface area contributed by atoms with Crippen molar-refractivity contribution in [2.75, 3.05) is 25.4 Å². The number of aromatic nitrogens is 2. The molecular weight excluding hydrogens is 334 g/mol. The molecule has 1 amide bonds. The van der Waals surface area contributed by atoms with Gasteiger partial charge in [0.15, 0.2) is 5.82 Å². The summed E-state index contributed by atoms with van der Waals surface area (Å²) in [6.07, 6.45) is 2.35. The summed E-state index contributed by atoms with van der Waals surface area (Å²) in [7, 11) is 0. The Morgan fingerprint density at radius 3 is 2.69 bits per heavy atom. The maximum atomic E-state index is 11.5. The normalized spacial score (nSPS) is 13.8. The number of nitrogens with one attached hydrogen (secondary N) is 1. The van der Waals surface area contributed by atoms with Crippen LogP contribution in [0.4, 0.5) is 5.82 Å². The van der Waals surface area contributed by atoms with Crippen LogP contribution in [0.3, 0.4) is 0 Å². The lowest BCUT2D eigenvalue weighted by molar-refractivity contribution is -0.132. The summed E-state index contributed by atoms with van der Waals surface area (Å²) in [6.45, 7) is 5.01. The van der Waals surface area contributed by atoms with Crippen molar-refractivity contribution in [1.82, 2.24) is 14.9 Å². The molecule has 26 heavy (non-hydrogen) atoms. The molecule has 0 aliphatic carbocycles. The molecule has 0 spiro atoms. The Morgan fingerprint density at radius 2 is 2.08 bits per heavy atom. The minimum atomic E-state index is -0.0951. The van der Waals surface area contributed by atoms with Crippen LogP contribution in [0, 0.1) is 11.3 Å². The summed E-state index contributed by atoms with van der Waals surface area (Å²) in [5.74, 6) is 0.945. The van der Waals surface area contributed by atoms with Crippen LogP contribution in [-0.4, -0.2) is 51.8 Å². The number of aromatic hydroxyl groups is 1. The van der Waals surface area contributed by atoms with E-state index in [1.54, 1.807) is 17.0 Å². The third-order valence-corrected chi connectivity index (χ3v) is 4.11. The van der Waals surface area contributed by atoms with Gasteiger partial charge in [-0.2, -0.15) is 4.98 Å². The zero-order valence-corrected chi connectivity index (χ0v) is 14.1. The van der Waals surface area contributed by atoms with Crippen LogP contribution >= 0.6 is 0 Å². The highest BCUT2D eigenvalue weighted by molar-refractivity contribution is 5.88. The van der Waals surface area contributed by atoms with Gasteiger partial charge in [0.05, 0.1) is 12.2 Å². The fourth-order valence-electron chi connectivity index (χ4n) is 2.63. The van der Waals surface area contributed by atoms with Crippen LogP contribution in [0.25, 0.3) is 11.4 Å². The van der Waals surface area contributed by atoms with Crippen LogP contribution in [0.2, 0.25) is 0 Å². The van der Waals surface area contributed by atoms with Gasteiger partial charge in [-0.15, -0.1) is 0 Å². The zero-order valence-electron chi connectivity index (χ0n) is 14.1. The maximum absolute atomic E-state index is 11.5. The summed E-state index contributed by atoms with van der Waals surface area (Å²) in [6, 6.07) is 6.39. The molecule has 8 nitrogen and oxygen atoms in total. The van der Waals surface area contributed by atoms with E-state index in [9.17, 15) is 9.90 Å². The topological polar surface area (TPSA) is 125 Å². The van der Waals surface area contributed by atoms with Gasteiger partial charge >= 0.3 is 0 Å². The largest absolute Gasteiger partial charge is 0.508 e. The molecular formula is C18H19N5O3. The van der Waals surface area contributed by atoms with Crippen molar-refractivity contribution in [1.29, 1.82) is 5.41 Å². The van der Waals surface area contributed by atoms with E-state index < -0.39 is 0 Å². The number of benzene rings is 1. The van der Waals surface area contributed by atoms with Gasteiger partial charge in [-0.05, 0) is 30.3 Å². The number of nitrogens with two attached hydrogens (primary N) is 1. The number of hydrogen-bond acceptors (Lipinski definition) is 7. The number of nitrogen functional groups attached to an aromatic ring is 1. The highest BCUT2D eigenvalue weighted by Gasteiger charge is 2.30. The molecule has 1 aromatic carbocycles. The first-order valence-corrected chi connectivity index (χ1v) is 8.03. The van der Waals surface area contributed by atoms with Gasteiger partial charge in [0.1, 0.15) is 11.6 Å². The van der Waals surface area contributed by atoms with Crippen molar-refractivity contribution in [3.05, 3.63) is 42.5 Å². The molecule has 1 fully saturated rings. The molecule has 1 aromatic heterocycles. The van der Waals surface area contributed by atoms with E-state index in [0.717, 1.165) is 6.21 Å². The first-order chi connectivity index (χ1) is 12.5. The molecule has 2 aromatic rings. The second kappa shape index (κ2) is 7.22. The zero-order chi connectivity index (χ0) is 18.7. The quantitative estimate of drug-likeness (QED) is 0.533. The third-order valence-electron chi connectivity index (χ3n) is 4.11. The lowest BCUT2D eigenvalue weighted by atomic mass is 10.0. The Kier molecular flexibility index (Phi) is 4.83. The van der Waals surface area contributed by atoms with E-state index >= 15 is 0 Å². The van der Waals surface area contributed by atoms with Crippen molar-refractivity contribution in [2.24, 2.45) is 5.92 Å². The Morgan fingerprint density at radius 1 is 1.38 bits per heavy atom. The van der Waals surface area contributed by atoms with Crippen molar-refractivity contribution < 1.29 is 14.6 Å². The second-order valence-corrected chi connectivity index (χ2v) is 5.97. The standard InChI is InChI=1S/C18H19N5O3/c1-2-15(25)23-8-11(9-23)10-26-18-14(7-19)16(20)21-17(22-18)12-3-5-13(24)6-4-12/h2-7,11,19,24H,1,8-10H2,(H2,20,21,22). The summed E-state index contributed by atoms with van der Waals surface area (Å²) >= 11 is 0. The summed E-state index contributed by atoms with van der Waals surface area (Å²) in [4.78, 5) is 21.7. The van der Waals surface area contributed by atoms with Crippen molar-refractivity contribution in [3.63, 3.8) is 0 Å². The number of phenols is 1. The molecule has 8 heteroatoms. The van der Waals surface area contributed by atoms with Gasteiger partial charge in [0.25, 0.3) is 0 Å². The SMILES string of the molecule is C=CC(=O)N1CC(COc2nc(-c3ccc(O)cc3)nc(N)c2C=N)C1. The molecule has 134 valence electrons. The van der Waals surface area contributed by atoms with Crippen LogP contribution < -0.4 is 10.5 Å². The van der Waals surface area contributed by atoms with E-state index in [0.29, 0.717) is 36.6 Å². The summed E-state index contributed by atoms with van der Waals surface area (Å²) < 4.78 is 5.76. The summed E-state index contributed by atoms with van der Waals surface area (Å²) in [5.41, 5.74) is 6.92. The number of ether oxygens (including phenoxy) is 1. The average Bonchev–Trinajstić information content (AvgIpc) is 2.60. The predicted molar refractivity (Wildman–Crippen MR) is 97.2 cm³/mol. The van der Waals surface area contributed by atoms with Crippen LogP contribution in [0.15, 0.2) is 36.9 Å². The minimum Gasteiger partial charge on any atom is -0.508 e. The van der Waals surface area contributed by atoms with Crippen molar-refractivity contribution in [3.8, 4) is 23.0 Å². The maximum Gasteiger partial charge on any atom is 0.245 e. The van der Waals surface area contributed by atoms with Gasteiger partial charge in [-0.25, -0.2) is 4.98 Å². The molecule has 3 rings (SSSR count). The number of carbonyl (C=O) groups excluding carboxylic acids is 1. The third kappa shape index (κ3) is 3.49. The Bertz CT molecular complexity index is 845. The van der Waals surface area contributed by atoms with E-state index in [-0.39, 0.29) is 29.3 Å². The monoisotopic (exact) mass is 353 g/mol. The average molecular weight is 353 g/mol.